The number of carbonyl (C=O) groups is 1. The van der Waals surface area contributed by atoms with Crippen LogP contribution in [0, 0.1) is 6.92 Å². The van der Waals surface area contributed by atoms with Crippen LogP contribution in [0.1, 0.15) is 37.3 Å². The number of carbonyl (C=O) groups excluding carboxylic acids is 1. The second-order valence-corrected chi connectivity index (χ2v) is 6.84. The highest BCUT2D eigenvalue weighted by Gasteiger charge is 2.20. The number of nitrogens with one attached hydrogen (secondary N) is 2. The summed E-state index contributed by atoms with van der Waals surface area (Å²) in [7, 11) is 0. The van der Waals surface area contributed by atoms with Crippen LogP contribution in [0.2, 0.25) is 0 Å². The van der Waals surface area contributed by atoms with Crippen LogP contribution in [0.3, 0.4) is 0 Å². The van der Waals surface area contributed by atoms with Gasteiger partial charge in [-0.15, -0.1) is 10.2 Å². The number of para-hydroxylation sites is 1. The fourth-order valence-corrected chi connectivity index (χ4v) is 3.24. The van der Waals surface area contributed by atoms with Crippen molar-refractivity contribution in [1.82, 2.24) is 10.2 Å². The van der Waals surface area contributed by atoms with Gasteiger partial charge in [0.15, 0.2) is 18.8 Å². The Labute approximate surface area is 164 Å². The summed E-state index contributed by atoms with van der Waals surface area (Å²) in [5.74, 6) is 1.37. The third kappa shape index (κ3) is 4.86. The van der Waals surface area contributed by atoms with Crippen molar-refractivity contribution in [1.29, 1.82) is 0 Å². The van der Waals surface area contributed by atoms with Gasteiger partial charge in [0.05, 0.1) is 12.8 Å². The van der Waals surface area contributed by atoms with E-state index in [1.807, 2.05) is 25.1 Å². The van der Waals surface area contributed by atoms with E-state index in [0.717, 1.165) is 41.1 Å². The van der Waals surface area contributed by atoms with Crippen LogP contribution >= 0.6 is 0 Å². The number of anilines is 1. The van der Waals surface area contributed by atoms with Crippen molar-refractivity contribution < 1.29 is 18.5 Å². The van der Waals surface area contributed by atoms with Gasteiger partial charge in [0, 0.05) is 5.69 Å². The zero-order valence-corrected chi connectivity index (χ0v) is 16.6. The number of nitrogens with zero attached hydrogens (tertiary/aromatic N) is 2. The first kappa shape index (κ1) is 19.8. The van der Waals surface area contributed by atoms with Gasteiger partial charge in [-0.1, -0.05) is 32.0 Å². The zero-order valence-electron chi connectivity index (χ0n) is 16.6. The van der Waals surface area contributed by atoms with E-state index >= 15 is 0 Å². The lowest BCUT2D eigenvalue weighted by molar-refractivity contribution is -0.907. The summed E-state index contributed by atoms with van der Waals surface area (Å²) in [6.45, 7) is 7.86. The van der Waals surface area contributed by atoms with E-state index in [1.165, 1.54) is 0 Å². The Bertz CT molecular complexity index is 902. The summed E-state index contributed by atoms with van der Waals surface area (Å²) in [5.41, 5.74) is 3.14. The Morgan fingerprint density at radius 2 is 2.04 bits per heavy atom. The molecule has 1 atom stereocenters. The largest absolute Gasteiger partial charge is 0.459 e. The van der Waals surface area contributed by atoms with Crippen LogP contribution in [0.5, 0.6) is 0 Å². The highest BCUT2D eigenvalue weighted by Crippen LogP contribution is 2.21. The molecule has 3 rings (SSSR count). The van der Waals surface area contributed by atoms with Crippen molar-refractivity contribution in [2.45, 2.75) is 40.2 Å². The van der Waals surface area contributed by atoms with Gasteiger partial charge in [-0.2, -0.15) is 0 Å². The summed E-state index contributed by atoms with van der Waals surface area (Å²) in [4.78, 5) is 13.8. The molecule has 0 aliphatic rings. The van der Waals surface area contributed by atoms with E-state index in [9.17, 15) is 4.79 Å². The molecule has 0 aliphatic heterocycles. The molecule has 7 nitrogen and oxygen atoms in total. The zero-order chi connectivity index (χ0) is 19.9. The van der Waals surface area contributed by atoms with Crippen LogP contribution in [0.4, 0.5) is 5.69 Å². The molecule has 1 aromatic carbocycles. The molecular weight excluding hydrogens is 356 g/mol. The number of rotatable bonds is 9. The Hall–Kier alpha value is -2.93. The van der Waals surface area contributed by atoms with Crippen LogP contribution in [-0.2, 0) is 17.8 Å². The van der Waals surface area contributed by atoms with Crippen molar-refractivity contribution in [2.24, 2.45) is 0 Å². The fourth-order valence-electron chi connectivity index (χ4n) is 3.24. The van der Waals surface area contributed by atoms with E-state index in [4.69, 9.17) is 8.83 Å². The second-order valence-electron chi connectivity index (χ2n) is 6.84. The van der Waals surface area contributed by atoms with Crippen molar-refractivity contribution in [2.75, 3.05) is 18.4 Å². The average Bonchev–Trinajstić information content (AvgIpc) is 3.35. The maximum atomic E-state index is 12.7. The van der Waals surface area contributed by atoms with Gasteiger partial charge < -0.3 is 19.1 Å². The van der Waals surface area contributed by atoms with E-state index in [-0.39, 0.29) is 5.91 Å². The highest BCUT2D eigenvalue weighted by atomic mass is 16.4. The lowest BCUT2D eigenvalue weighted by atomic mass is 10.1. The normalized spacial score (nSPS) is 12.1. The van der Waals surface area contributed by atoms with Crippen LogP contribution in [-0.4, -0.2) is 29.2 Å². The summed E-state index contributed by atoms with van der Waals surface area (Å²) in [6, 6.07) is 9.63. The first-order valence-electron chi connectivity index (χ1n) is 9.68. The lowest BCUT2D eigenvalue weighted by Gasteiger charge is -2.18. The molecule has 0 saturated heterocycles. The molecule has 2 heterocycles. The average molecular weight is 383 g/mol. The highest BCUT2D eigenvalue weighted by molar-refractivity contribution is 5.93. The number of aromatic nitrogens is 2. The van der Waals surface area contributed by atoms with Crippen molar-refractivity contribution in [3.05, 3.63) is 53.6 Å². The summed E-state index contributed by atoms with van der Waals surface area (Å²) in [5, 5.41) is 11.2. The predicted molar refractivity (Wildman–Crippen MR) is 106 cm³/mol. The lowest BCUT2D eigenvalue weighted by Crippen LogP contribution is -3.11. The van der Waals surface area contributed by atoms with Gasteiger partial charge >= 0.3 is 0 Å². The maximum Gasteiger partial charge on any atom is 0.283 e. The molecule has 2 N–H and O–H groups in total. The molecule has 7 heteroatoms. The van der Waals surface area contributed by atoms with Gasteiger partial charge in [-0.3, -0.25) is 4.79 Å². The molecule has 2 aromatic heterocycles. The van der Waals surface area contributed by atoms with Crippen molar-refractivity contribution in [3.8, 4) is 11.7 Å². The standard InChI is InChI=1S/C21H26N4O3/c1-4-11-25(14-19-23-24-21(28-19)17-10-7-12-27-17)13-18(26)22-20-15(3)8-6-9-16(20)5-2/h6-10,12H,4-5,11,13-14H2,1-3H3,(H,22,26)/p+1. The van der Waals surface area contributed by atoms with E-state index in [1.54, 1.807) is 18.4 Å². The molecule has 28 heavy (non-hydrogen) atoms. The first-order chi connectivity index (χ1) is 13.6. The van der Waals surface area contributed by atoms with Gasteiger partial charge in [0.2, 0.25) is 0 Å². The quantitative estimate of drug-likeness (QED) is 0.593. The van der Waals surface area contributed by atoms with Crippen LogP contribution in [0.25, 0.3) is 11.7 Å². The molecule has 1 amide bonds. The summed E-state index contributed by atoms with van der Waals surface area (Å²) in [6.07, 6.45) is 3.39. The number of hydrogen-bond acceptors (Lipinski definition) is 5. The minimum Gasteiger partial charge on any atom is -0.459 e. The number of quaternary nitrogens is 1. The molecular formula is C21H27N4O3+. The number of aryl methyl sites for hydroxylation is 2. The van der Waals surface area contributed by atoms with Gasteiger partial charge in [0.1, 0.15) is 0 Å². The van der Waals surface area contributed by atoms with E-state index in [0.29, 0.717) is 30.6 Å². The number of furan rings is 1. The molecule has 0 bridgehead atoms. The number of amides is 1. The van der Waals surface area contributed by atoms with E-state index in [2.05, 4.69) is 29.4 Å². The smallest absolute Gasteiger partial charge is 0.283 e. The molecule has 0 fully saturated rings. The van der Waals surface area contributed by atoms with Crippen LogP contribution in [0.15, 0.2) is 45.4 Å². The summed E-state index contributed by atoms with van der Waals surface area (Å²) >= 11 is 0. The Morgan fingerprint density at radius 1 is 1.18 bits per heavy atom. The number of benzene rings is 1. The van der Waals surface area contributed by atoms with Gasteiger partial charge in [-0.05, 0) is 43.0 Å². The Kier molecular flexibility index (Phi) is 6.60. The molecule has 148 valence electrons. The molecule has 0 radical (unpaired) electrons. The molecule has 0 saturated carbocycles. The van der Waals surface area contributed by atoms with Gasteiger partial charge in [0.25, 0.3) is 17.7 Å². The SMILES string of the molecule is CCC[NH+](CC(=O)Nc1c(C)cccc1CC)Cc1nnc(-c2ccco2)o1. The maximum absolute atomic E-state index is 12.7. The Morgan fingerprint density at radius 3 is 2.75 bits per heavy atom. The Balaban J connectivity index is 1.65. The third-order valence-corrected chi connectivity index (χ3v) is 4.62. The number of hydrogen-bond donors (Lipinski definition) is 2. The third-order valence-electron chi connectivity index (χ3n) is 4.62. The van der Waals surface area contributed by atoms with Crippen molar-refractivity contribution >= 4 is 11.6 Å². The molecule has 0 aliphatic carbocycles. The van der Waals surface area contributed by atoms with Gasteiger partial charge in [-0.25, -0.2) is 0 Å². The topological polar surface area (TPSA) is 85.6 Å². The second kappa shape index (κ2) is 9.32. The molecule has 3 aromatic rings. The fraction of sp³-hybridized carbons (Fsp3) is 0.381. The minimum absolute atomic E-state index is 0.0155. The minimum atomic E-state index is -0.0155. The van der Waals surface area contributed by atoms with E-state index < -0.39 is 0 Å². The predicted octanol–water partition coefficient (Wildman–Crippen LogP) is 2.63. The monoisotopic (exact) mass is 383 g/mol. The first-order valence-corrected chi connectivity index (χ1v) is 9.68. The van der Waals surface area contributed by atoms with Crippen LogP contribution < -0.4 is 10.2 Å². The molecule has 1 unspecified atom stereocenters. The summed E-state index contributed by atoms with van der Waals surface area (Å²) < 4.78 is 11.0. The molecule has 0 spiro atoms. The van der Waals surface area contributed by atoms with Crippen molar-refractivity contribution in [3.63, 3.8) is 0 Å².